The van der Waals surface area contributed by atoms with Crippen LogP contribution in [0.5, 0.6) is 5.75 Å². The van der Waals surface area contributed by atoms with Gasteiger partial charge in [0.25, 0.3) is 0 Å². The summed E-state index contributed by atoms with van der Waals surface area (Å²) in [6, 6.07) is 15.8. The Bertz CT molecular complexity index is 664. The average molecular weight is 345 g/mol. The van der Waals surface area contributed by atoms with Crippen molar-refractivity contribution in [2.24, 2.45) is 0 Å². The topological polar surface area (TPSA) is 45.0 Å². The summed E-state index contributed by atoms with van der Waals surface area (Å²) in [5, 5.41) is 12.1. The molecule has 2 aromatic rings. The van der Waals surface area contributed by atoms with Crippen molar-refractivity contribution < 1.29 is 4.74 Å². The van der Waals surface area contributed by atoms with Gasteiger partial charge in [-0.1, -0.05) is 28.1 Å². The van der Waals surface area contributed by atoms with Gasteiger partial charge in [0.1, 0.15) is 12.4 Å². The molecule has 2 aromatic carbocycles. The maximum Gasteiger partial charge on any atom is 0.124 e. The Balaban J connectivity index is 2.18. The molecule has 0 aliphatic carbocycles. The van der Waals surface area contributed by atoms with Gasteiger partial charge in [-0.05, 0) is 49.9 Å². The first-order chi connectivity index (χ1) is 10.1. The third kappa shape index (κ3) is 4.07. The first-order valence-electron chi connectivity index (χ1n) is 6.72. The van der Waals surface area contributed by atoms with Crippen molar-refractivity contribution in [3.8, 4) is 11.8 Å². The monoisotopic (exact) mass is 344 g/mol. The van der Waals surface area contributed by atoms with E-state index in [4.69, 9.17) is 10.00 Å². The molecule has 0 amide bonds. The second-order valence-electron chi connectivity index (χ2n) is 4.79. The quantitative estimate of drug-likeness (QED) is 0.884. The Kier molecular flexibility index (Phi) is 5.38. The van der Waals surface area contributed by atoms with E-state index in [0.29, 0.717) is 12.2 Å². The van der Waals surface area contributed by atoms with E-state index >= 15 is 0 Å². The van der Waals surface area contributed by atoms with Crippen LogP contribution in [0.1, 0.15) is 29.7 Å². The predicted molar refractivity (Wildman–Crippen MR) is 87.1 cm³/mol. The van der Waals surface area contributed by atoms with Crippen molar-refractivity contribution >= 4 is 15.9 Å². The minimum absolute atomic E-state index is 0.197. The van der Waals surface area contributed by atoms with Gasteiger partial charge >= 0.3 is 0 Å². The van der Waals surface area contributed by atoms with Gasteiger partial charge in [-0.15, -0.1) is 0 Å². The zero-order valence-electron chi connectivity index (χ0n) is 12.1. The first kappa shape index (κ1) is 15.6. The minimum atomic E-state index is 0.197. The zero-order valence-corrected chi connectivity index (χ0v) is 13.6. The normalized spacial score (nSPS) is 11.7. The average Bonchev–Trinajstić information content (AvgIpc) is 2.53. The van der Waals surface area contributed by atoms with Gasteiger partial charge in [0.15, 0.2) is 0 Å². The van der Waals surface area contributed by atoms with Crippen molar-refractivity contribution in [1.29, 1.82) is 5.26 Å². The maximum absolute atomic E-state index is 8.92. The highest BCUT2D eigenvalue weighted by Gasteiger charge is 2.11. The molecule has 0 aliphatic rings. The molecule has 0 saturated carbocycles. The van der Waals surface area contributed by atoms with Crippen LogP contribution in [0.25, 0.3) is 0 Å². The highest BCUT2D eigenvalue weighted by molar-refractivity contribution is 9.10. The molecular formula is C17H17BrN2O. The molecule has 108 valence electrons. The molecule has 0 aliphatic heterocycles. The third-order valence-corrected chi connectivity index (χ3v) is 3.82. The van der Waals surface area contributed by atoms with Crippen LogP contribution in [0.4, 0.5) is 0 Å². The summed E-state index contributed by atoms with van der Waals surface area (Å²) in [5.41, 5.74) is 2.74. The highest BCUT2D eigenvalue weighted by Crippen LogP contribution is 2.29. The standard InChI is InChI=1S/C17H17BrN2O/c1-12(20-2)16-9-15(18)6-7-17(16)21-11-14-5-3-4-13(8-14)10-19/h3-9,12,20H,11H2,1-2H3. The van der Waals surface area contributed by atoms with E-state index < -0.39 is 0 Å². The second-order valence-corrected chi connectivity index (χ2v) is 5.71. The van der Waals surface area contributed by atoms with Crippen LogP contribution in [0.3, 0.4) is 0 Å². The van der Waals surface area contributed by atoms with Gasteiger partial charge in [-0.25, -0.2) is 0 Å². The maximum atomic E-state index is 8.92. The summed E-state index contributed by atoms with van der Waals surface area (Å²) in [7, 11) is 1.92. The molecule has 0 heterocycles. The Morgan fingerprint density at radius 2 is 2.10 bits per heavy atom. The van der Waals surface area contributed by atoms with Gasteiger partial charge in [0.05, 0.1) is 11.6 Å². The van der Waals surface area contributed by atoms with Gasteiger partial charge < -0.3 is 10.1 Å². The first-order valence-corrected chi connectivity index (χ1v) is 7.52. The predicted octanol–water partition coefficient (Wildman–Crippen LogP) is 4.18. The molecule has 0 radical (unpaired) electrons. The van der Waals surface area contributed by atoms with Gasteiger partial charge in [-0.3, -0.25) is 0 Å². The summed E-state index contributed by atoms with van der Waals surface area (Å²) in [5.74, 6) is 0.849. The molecule has 4 heteroatoms. The van der Waals surface area contributed by atoms with E-state index in [9.17, 15) is 0 Å². The fourth-order valence-electron chi connectivity index (χ4n) is 2.04. The van der Waals surface area contributed by atoms with E-state index in [1.54, 1.807) is 6.07 Å². The summed E-state index contributed by atoms with van der Waals surface area (Å²) in [4.78, 5) is 0. The lowest BCUT2D eigenvalue weighted by atomic mass is 10.1. The molecule has 0 aromatic heterocycles. The number of nitrogens with zero attached hydrogens (tertiary/aromatic N) is 1. The number of ether oxygens (including phenoxy) is 1. The van der Waals surface area contributed by atoms with Crippen molar-refractivity contribution in [2.45, 2.75) is 19.6 Å². The van der Waals surface area contributed by atoms with Crippen LogP contribution < -0.4 is 10.1 Å². The summed E-state index contributed by atoms with van der Waals surface area (Å²) in [6.07, 6.45) is 0. The molecule has 0 bridgehead atoms. The Hall–Kier alpha value is -1.83. The number of nitriles is 1. The summed E-state index contributed by atoms with van der Waals surface area (Å²) in [6.45, 7) is 2.53. The highest BCUT2D eigenvalue weighted by atomic mass is 79.9. The number of benzene rings is 2. The van der Waals surface area contributed by atoms with Crippen LogP contribution in [0.2, 0.25) is 0 Å². The number of rotatable bonds is 5. The fourth-order valence-corrected chi connectivity index (χ4v) is 2.42. The molecular weight excluding hydrogens is 328 g/mol. The molecule has 1 atom stereocenters. The van der Waals surface area contributed by atoms with Crippen LogP contribution >= 0.6 is 15.9 Å². The van der Waals surface area contributed by atoms with Crippen LogP contribution in [0, 0.1) is 11.3 Å². The molecule has 1 N–H and O–H groups in total. The summed E-state index contributed by atoms with van der Waals surface area (Å²) < 4.78 is 6.96. The van der Waals surface area contributed by atoms with Crippen molar-refractivity contribution in [3.63, 3.8) is 0 Å². The lowest BCUT2D eigenvalue weighted by Gasteiger charge is -2.17. The van der Waals surface area contributed by atoms with E-state index in [1.165, 1.54) is 0 Å². The molecule has 21 heavy (non-hydrogen) atoms. The SMILES string of the molecule is CNC(C)c1cc(Br)ccc1OCc1cccc(C#N)c1. The third-order valence-electron chi connectivity index (χ3n) is 3.32. The van der Waals surface area contributed by atoms with Crippen molar-refractivity contribution in [3.05, 3.63) is 63.6 Å². The fraction of sp³-hybridized carbons (Fsp3) is 0.235. The van der Waals surface area contributed by atoms with Gasteiger partial charge in [0.2, 0.25) is 0 Å². The van der Waals surface area contributed by atoms with Crippen LogP contribution in [0.15, 0.2) is 46.9 Å². The van der Waals surface area contributed by atoms with E-state index in [0.717, 1.165) is 21.3 Å². The van der Waals surface area contributed by atoms with Crippen LogP contribution in [-0.4, -0.2) is 7.05 Å². The van der Waals surface area contributed by atoms with Crippen molar-refractivity contribution in [2.75, 3.05) is 7.05 Å². The Morgan fingerprint density at radius 1 is 1.29 bits per heavy atom. The second kappa shape index (κ2) is 7.26. The lowest BCUT2D eigenvalue weighted by molar-refractivity contribution is 0.300. The van der Waals surface area contributed by atoms with Gasteiger partial charge in [0, 0.05) is 16.1 Å². The number of nitrogens with one attached hydrogen (secondary N) is 1. The smallest absolute Gasteiger partial charge is 0.124 e. The van der Waals surface area contributed by atoms with Crippen molar-refractivity contribution in [1.82, 2.24) is 5.32 Å². The minimum Gasteiger partial charge on any atom is -0.489 e. The largest absolute Gasteiger partial charge is 0.489 e. The molecule has 1 unspecified atom stereocenters. The lowest BCUT2D eigenvalue weighted by Crippen LogP contribution is -2.13. The van der Waals surface area contributed by atoms with E-state index in [1.807, 2.05) is 37.4 Å². The van der Waals surface area contributed by atoms with Crippen LogP contribution in [-0.2, 0) is 6.61 Å². The molecule has 2 rings (SSSR count). The van der Waals surface area contributed by atoms with Gasteiger partial charge in [-0.2, -0.15) is 5.26 Å². The molecule has 0 saturated heterocycles. The Morgan fingerprint density at radius 3 is 2.81 bits per heavy atom. The Labute approximate surface area is 133 Å². The number of hydrogen-bond acceptors (Lipinski definition) is 3. The molecule has 3 nitrogen and oxygen atoms in total. The number of hydrogen-bond donors (Lipinski definition) is 1. The van der Waals surface area contributed by atoms with E-state index in [-0.39, 0.29) is 6.04 Å². The summed E-state index contributed by atoms with van der Waals surface area (Å²) >= 11 is 3.49. The zero-order chi connectivity index (χ0) is 15.2. The number of halogens is 1. The molecule has 0 spiro atoms. The van der Waals surface area contributed by atoms with E-state index in [2.05, 4.69) is 40.3 Å². The molecule has 0 fully saturated rings.